The second kappa shape index (κ2) is 8.36. The summed E-state index contributed by atoms with van der Waals surface area (Å²) in [6.07, 6.45) is 0. The number of nitrogens with zero attached hydrogens (tertiary/aromatic N) is 3. The van der Waals surface area contributed by atoms with Gasteiger partial charge < -0.3 is 10.6 Å². The molecule has 0 aliphatic heterocycles. The van der Waals surface area contributed by atoms with Gasteiger partial charge in [0.2, 0.25) is 5.95 Å². The Morgan fingerprint density at radius 2 is 1.80 bits per heavy atom. The lowest BCUT2D eigenvalue weighted by molar-refractivity contribution is 0.630. The molecule has 0 aliphatic carbocycles. The summed E-state index contributed by atoms with van der Waals surface area (Å²) in [6.45, 7) is 5.10. The van der Waals surface area contributed by atoms with Crippen LogP contribution in [0.5, 0.6) is 0 Å². The highest BCUT2D eigenvalue weighted by Gasteiger charge is 2.09. The van der Waals surface area contributed by atoms with Crippen LogP contribution in [0, 0.1) is 5.82 Å². The van der Waals surface area contributed by atoms with Crippen molar-refractivity contribution in [1.82, 2.24) is 19.6 Å². The normalized spacial score (nSPS) is 11.2. The number of H-pyrrole nitrogens is 1. The summed E-state index contributed by atoms with van der Waals surface area (Å²) in [6, 6.07) is 16.1. The van der Waals surface area contributed by atoms with Crippen molar-refractivity contribution in [3.63, 3.8) is 0 Å². The van der Waals surface area contributed by atoms with E-state index in [0.29, 0.717) is 29.8 Å². The zero-order valence-electron chi connectivity index (χ0n) is 16.8. The largest absolute Gasteiger partial charge is 0.377 e. The van der Waals surface area contributed by atoms with Crippen molar-refractivity contribution < 1.29 is 4.39 Å². The van der Waals surface area contributed by atoms with E-state index in [2.05, 4.69) is 63.8 Å². The third-order valence-electron chi connectivity index (χ3n) is 4.82. The quantitative estimate of drug-likeness (QED) is 0.433. The number of aromatic nitrogens is 4. The maximum atomic E-state index is 13.7. The van der Waals surface area contributed by atoms with Crippen molar-refractivity contribution in [2.75, 3.05) is 10.6 Å². The molecule has 0 fully saturated rings. The van der Waals surface area contributed by atoms with Gasteiger partial charge in [-0.2, -0.15) is 9.50 Å². The Morgan fingerprint density at radius 3 is 2.53 bits per heavy atom. The van der Waals surface area contributed by atoms with Gasteiger partial charge in [0.15, 0.2) is 0 Å². The molecule has 4 aromatic rings. The molecule has 0 atom stereocenters. The summed E-state index contributed by atoms with van der Waals surface area (Å²) in [5, 5.41) is 9.04. The molecule has 0 saturated carbocycles. The number of para-hydroxylation sites is 1. The number of benzene rings is 2. The van der Waals surface area contributed by atoms with Crippen LogP contribution in [0.3, 0.4) is 0 Å². The number of halogens is 1. The number of fused-ring (bicyclic) bond motifs is 1. The van der Waals surface area contributed by atoms with Gasteiger partial charge in [-0.15, -0.1) is 0 Å². The van der Waals surface area contributed by atoms with Crippen LogP contribution < -0.4 is 16.2 Å². The zero-order valence-corrected chi connectivity index (χ0v) is 16.8. The number of nitrogens with one attached hydrogen (secondary N) is 3. The average molecular weight is 406 g/mol. The Kier molecular flexibility index (Phi) is 5.47. The van der Waals surface area contributed by atoms with Crippen molar-refractivity contribution in [3.05, 3.63) is 87.6 Å². The molecule has 8 heteroatoms. The first-order valence-corrected chi connectivity index (χ1v) is 9.79. The molecule has 0 bridgehead atoms. The molecule has 2 heterocycles. The minimum atomic E-state index is -0.358. The monoisotopic (exact) mass is 406 g/mol. The fraction of sp³-hybridized carbons (Fsp3) is 0.227. The van der Waals surface area contributed by atoms with Crippen LogP contribution in [0.25, 0.3) is 5.78 Å². The Balaban J connectivity index is 1.46. The molecular formula is C22H23FN6O. The number of hydrogen-bond acceptors (Lipinski definition) is 5. The summed E-state index contributed by atoms with van der Waals surface area (Å²) < 4.78 is 15.0. The van der Waals surface area contributed by atoms with E-state index in [1.54, 1.807) is 18.2 Å². The minimum absolute atomic E-state index is 0.213. The predicted octanol–water partition coefficient (Wildman–Crippen LogP) is 3.90. The molecular weight excluding hydrogens is 383 g/mol. The SMILES string of the molecule is CC(C)c1ccc(CNc2nc3nc(CNc4ccccc4F)cc(=O)n3[nH]2)cc1. The maximum absolute atomic E-state index is 13.7. The van der Waals surface area contributed by atoms with Gasteiger partial charge >= 0.3 is 0 Å². The van der Waals surface area contributed by atoms with Crippen LogP contribution in [0.4, 0.5) is 16.0 Å². The number of rotatable bonds is 7. The summed E-state index contributed by atoms with van der Waals surface area (Å²) in [5.74, 6) is 0.836. The van der Waals surface area contributed by atoms with Gasteiger partial charge in [-0.05, 0) is 29.2 Å². The summed E-state index contributed by atoms with van der Waals surface area (Å²) in [7, 11) is 0. The highest BCUT2D eigenvalue weighted by atomic mass is 19.1. The third kappa shape index (κ3) is 4.32. The van der Waals surface area contributed by atoms with Gasteiger partial charge in [0, 0.05) is 12.6 Å². The molecule has 2 aromatic carbocycles. The number of anilines is 2. The van der Waals surface area contributed by atoms with Crippen LogP contribution in [0.2, 0.25) is 0 Å². The fourth-order valence-corrected chi connectivity index (χ4v) is 3.09. The molecule has 2 aromatic heterocycles. The van der Waals surface area contributed by atoms with Crippen LogP contribution >= 0.6 is 0 Å². The molecule has 154 valence electrons. The minimum Gasteiger partial charge on any atom is -0.377 e. The maximum Gasteiger partial charge on any atom is 0.274 e. The lowest BCUT2D eigenvalue weighted by Gasteiger charge is -2.07. The molecule has 0 aliphatic rings. The smallest absolute Gasteiger partial charge is 0.274 e. The lowest BCUT2D eigenvalue weighted by atomic mass is 10.0. The van der Waals surface area contributed by atoms with Crippen LogP contribution in [0.15, 0.2) is 59.4 Å². The van der Waals surface area contributed by atoms with Crippen LogP contribution in [-0.2, 0) is 13.1 Å². The highest BCUT2D eigenvalue weighted by Crippen LogP contribution is 2.16. The Labute approximate surface area is 173 Å². The number of aromatic amines is 1. The van der Waals surface area contributed by atoms with Crippen LogP contribution in [0.1, 0.15) is 36.6 Å². The van der Waals surface area contributed by atoms with Gasteiger partial charge in [0.1, 0.15) is 5.82 Å². The molecule has 0 radical (unpaired) electrons. The predicted molar refractivity (Wildman–Crippen MR) is 115 cm³/mol. The van der Waals surface area contributed by atoms with E-state index in [9.17, 15) is 9.18 Å². The first-order chi connectivity index (χ1) is 14.5. The van der Waals surface area contributed by atoms with E-state index >= 15 is 0 Å². The van der Waals surface area contributed by atoms with E-state index < -0.39 is 0 Å². The number of hydrogen-bond donors (Lipinski definition) is 3. The molecule has 3 N–H and O–H groups in total. The fourth-order valence-electron chi connectivity index (χ4n) is 3.09. The van der Waals surface area contributed by atoms with Crippen molar-refractivity contribution >= 4 is 17.4 Å². The molecule has 30 heavy (non-hydrogen) atoms. The van der Waals surface area contributed by atoms with E-state index in [1.807, 2.05) is 0 Å². The summed E-state index contributed by atoms with van der Waals surface area (Å²) in [5.41, 5.74) is 2.94. The Hall–Kier alpha value is -3.68. The molecule has 0 spiro atoms. The third-order valence-corrected chi connectivity index (χ3v) is 4.82. The van der Waals surface area contributed by atoms with E-state index in [-0.39, 0.29) is 23.7 Å². The molecule has 0 saturated heterocycles. The van der Waals surface area contributed by atoms with Crippen LogP contribution in [-0.4, -0.2) is 19.6 Å². The first kappa shape index (κ1) is 19.6. The summed E-state index contributed by atoms with van der Waals surface area (Å²) >= 11 is 0. The molecule has 7 nitrogen and oxygen atoms in total. The van der Waals surface area contributed by atoms with Gasteiger partial charge in [-0.3, -0.25) is 9.89 Å². The first-order valence-electron chi connectivity index (χ1n) is 9.79. The van der Waals surface area contributed by atoms with Gasteiger partial charge in [-0.1, -0.05) is 50.2 Å². The van der Waals surface area contributed by atoms with Crippen molar-refractivity contribution in [2.24, 2.45) is 0 Å². The summed E-state index contributed by atoms with van der Waals surface area (Å²) in [4.78, 5) is 21.1. The van der Waals surface area contributed by atoms with Gasteiger partial charge in [-0.25, -0.2) is 9.37 Å². The second-order valence-electron chi connectivity index (χ2n) is 7.38. The van der Waals surface area contributed by atoms with E-state index in [1.165, 1.54) is 22.2 Å². The Morgan fingerprint density at radius 1 is 1.03 bits per heavy atom. The average Bonchev–Trinajstić information content (AvgIpc) is 3.16. The highest BCUT2D eigenvalue weighted by molar-refractivity contribution is 5.45. The molecule has 4 rings (SSSR count). The van der Waals surface area contributed by atoms with Crippen molar-refractivity contribution in [2.45, 2.75) is 32.9 Å². The van der Waals surface area contributed by atoms with E-state index in [0.717, 1.165) is 5.56 Å². The van der Waals surface area contributed by atoms with Gasteiger partial charge in [0.05, 0.1) is 17.9 Å². The topological polar surface area (TPSA) is 87.1 Å². The zero-order chi connectivity index (χ0) is 21.1. The second-order valence-corrected chi connectivity index (χ2v) is 7.38. The van der Waals surface area contributed by atoms with E-state index in [4.69, 9.17) is 0 Å². The lowest BCUT2D eigenvalue weighted by Crippen LogP contribution is -2.17. The molecule has 0 unspecified atom stereocenters. The molecule has 0 amide bonds. The van der Waals surface area contributed by atoms with Crippen molar-refractivity contribution in [3.8, 4) is 0 Å². The Bertz CT molecular complexity index is 1210. The standard InChI is InChI=1S/C22H23FN6O/c1-14(2)16-9-7-15(8-10-16)12-25-21-27-22-26-17(11-20(30)29(22)28-21)13-24-19-6-4-3-5-18(19)23/h3-11,14,24H,12-13H2,1-2H3,(H2,25,26,27,28). The van der Waals surface area contributed by atoms with Gasteiger partial charge in [0.25, 0.3) is 11.3 Å². The van der Waals surface area contributed by atoms with Crippen molar-refractivity contribution in [1.29, 1.82) is 0 Å².